The van der Waals surface area contributed by atoms with Crippen molar-refractivity contribution in [3.05, 3.63) is 12.2 Å². The van der Waals surface area contributed by atoms with E-state index in [4.69, 9.17) is 0 Å². The number of carbonyl (C=O) groups is 3. The number of allylic oxidation sites excluding steroid dienone is 2. The average Bonchev–Trinajstić information content (AvgIpc) is 2.95. The largest absolute Gasteiger partial charge is 0.544 e. The van der Waals surface area contributed by atoms with E-state index in [-0.39, 0.29) is 25.8 Å². The van der Waals surface area contributed by atoms with Crippen LogP contribution in [0.15, 0.2) is 12.2 Å². The smallest absolute Gasteiger partial charge is 0.362 e. The van der Waals surface area contributed by atoms with Crippen LogP contribution >= 0.6 is 0 Å². The summed E-state index contributed by atoms with van der Waals surface area (Å²) in [6, 6.07) is -3.32. The summed E-state index contributed by atoms with van der Waals surface area (Å²) in [6.07, 6.45) is 25.6. The Morgan fingerprint density at radius 1 is 0.548 bits per heavy atom. The number of hydrogen-bond acceptors (Lipinski definition) is 4. The molecule has 0 heterocycles. The summed E-state index contributed by atoms with van der Waals surface area (Å²) in [4.78, 5) is 37.6. The topological polar surface area (TPSA) is 115 Å². The van der Waals surface area contributed by atoms with Gasteiger partial charge in [-0.3, -0.25) is 4.48 Å². The van der Waals surface area contributed by atoms with E-state index in [1.807, 2.05) is 20.8 Å². The molecule has 0 saturated heterocycles. The molecule has 0 aromatic heterocycles. The van der Waals surface area contributed by atoms with Crippen molar-refractivity contribution in [2.45, 2.75) is 187 Å². The maximum absolute atomic E-state index is 12.6. The van der Waals surface area contributed by atoms with E-state index in [0.29, 0.717) is 25.7 Å². The van der Waals surface area contributed by atoms with Crippen LogP contribution < -0.4 is 5.11 Å². The molecule has 7 nitrogen and oxygen atoms in total. The zero-order valence-electron chi connectivity index (χ0n) is 27.6. The van der Waals surface area contributed by atoms with Crippen LogP contribution in [0.3, 0.4) is 0 Å². The van der Waals surface area contributed by atoms with Gasteiger partial charge in [0.15, 0.2) is 12.1 Å². The lowest BCUT2D eigenvalue weighted by atomic mass is 9.91. The van der Waals surface area contributed by atoms with Crippen molar-refractivity contribution in [3.63, 3.8) is 0 Å². The Bertz CT molecular complexity index is 677. The van der Waals surface area contributed by atoms with Crippen LogP contribution in [-0.2, 0) is 14.4 Å². The van der Waals surface area contributed by atoms with Gasteiger partial charge < -0.3 is 20.1 Å². The van der Waals surface area contributed by atoms with Gasteiger partial charge in [-0.1, -0.05) is 110 Å². The van der Waals surface area contributed by atoms with Gasteiger partial charge in [-0.25, -0.2) is 9.59 Å². The standard InChI is InChI=1S/C35H65NO6/c1-5-9-10-11-12-13-14-15-16-17-18-19-20-21-22-23-24-25-29-36(30(26-6-2)33(37)38,31(27-7-3)34(39)40)32(28-8-4)35(41)42/h12-13,30-32H,5-11,14-29H2,1-4H3,(H2-,37,38,39,40,41,42)/b13-12+. The molecule has 0 fully saturated rings. The predicted octanol–water partition coefficient (Wildman–Crippen LogP) is 8.05. The lowest BCUT2D eigenvalue weighted by molar-refractivity contribution is -0.975. The molecule has 3 atom stereocenters. The quantitative estimate of drug-likeness (QED) is 0.0493. The van der Waals surface area contributed by atoms with Crippen LogP contribution in [0.4, 0.5) is 0 Å². The summed E-state index contributed by atoms with van der Waals surface area (Å²) in [7, 11) is 0. The zero-order chi connectivity index (χ0) is 31.6. The Hall–Kier alpha value is -1.89. The molecule has 0 amide bonds. The van der Waals surface area contributed by atoms with E-state index in [0.717, 1.165) is 19.3 Å². The highest BCUT2D eigenvalue weighted by molar-refractivity contribution is 5.77. The van der Waals surface area contributed by atoms with Gasteiger partial charge in [0, 0.05) is 19.3 Å². The maximum Gasteiger partial charge on any atom is 0.362 e. The number of nitrogens with zero attached hydrogens (tertiary/aromatic N) is 1. The predicted molar refractivity (Wildman–Crippen MR) is 170 cm³/mol. The van der Waals surface area contributed by atoms with Gasteiger partial charge in [0.1, 0.15) is 6.04 Å². The normalized spacial score (nSPS) is 15.3. The van der Waals surface area contributed by atoms with Crippen LogP contribution in [0.25, 0.3) is 0 Å². The Labute approximate surface area is 257 Å². The first kappa shape index (κ1) is 40.1. The second-order valence-electron chi connectivity index (χ2n) is 12.3. The highest BCUT2D eigenvalue weighted by atomic mass is 16.4. The Kier molecular flexibility index (Phi) is 24.4. The number of rotatable bonds is 30. The molecule has 0 spiro atoms. The SMILES string of the molecule is CCCCC/C=C/CCCCCCCCCCCCC[N+](C(CCC)C(=O)[O-])(C(CCC)C(=O)O)C(CCC)C(=O)O. The Morgan fingerprint density at radius 2 is 0.905 bits per heavy atom. The summed E-state index contributed by atoms with van der Waals surface area (Å²) >= 11 is 0. The maximum atomic E-state index is 12.6. The summed E-state index contributed by atoms with van der Waals surface area (Å²) in [5, 5.41) is 33.0. The minimum absolute atomic E-state index is 0.207. The van der Waals surface area contributed by atoms with Gasteiger partial charge in [-0.2, -0.15) is 0 Å². The Balaban J connectivity index is 4.90. The number of quaternary nitrogens is 1. The van der Waals surface area contributed by atoms with Crippen molar-refractivity contribution in [2.24, 2.45) is 0 Å². The second kappa shape index (κ2) is 25.6. The third-order valence-electron chi connectivity index (χ3n) is 8.83. The van der Waals surface area contributed by atoms with Gasteiger partial charge in [0.25, 0.3) is 0 Å². The van der Waals surface area contributed by atoms with Gasteiger partial charge >= 0.3 is 11.9 Å². The molecule has 0 saturated carbocycles. The van der Waals surface area contributed by atoms with Crippen LogP contribution in [0.1, 0.15) is 169 Å². The minimum atomic E-state index is -1.33. The van der Waals surface area contributed by atoms with E-state index in [1.165, 1.54) is 77.0 Å². The monoisotopic (exact) mass is 595 g/mol. The molecule has 0 rings (SSSR count). The van der Waals surface area contributed by atoms with Crippen molar-refractivity contribution in [1.29, 1.82) is 0 Å². The van der Waals surface area contributed by atoms with Gasteiger partial charge in [0.2, 0.25) is 0 Å². The first-order valence-electron chi connectivity index (χ1n) is 17.4. The fourth-order valence-electron chi connectivity index (χ4n) is 6.62. The van der Waals surface area contributed by atoms with Crippen molar-refractivity contribution < 1.29 is 34.2 Å². The number of unbranched alkanes of at least 4 members (excludes halogenated alkanes) is 14. The molecule has 0 radical (unpaired) electrons. The fourth-order valence-corrected chi connectivity index (χ4v) is 6.62. The molecule has 42 heavy (non-hydrogen) atoms. The summed E-state index contributed by atoms with van der Waals surface area (Å²) in [5.41, 5.74) is 0. The van der Waals surface area contributed by atoms with E-state index >= 15 is 0 Å². The molecule has 246 valence electrons. The van der Waals surface area contributed by atoms with E-state index in [2.05, 4.69) is 19.1 Å². The van der Waals surface area contributed by atoms with Gasteiger partial charge in [-0.05, 0) is 51.4 Å². The number of aliphatic carboxylic acids is 3. The van der Waals surface area contributed by atoms with Crippen LogP contribution in [0.2, 0.25) is 0 Å². The van der Waals surface area contributed by atoms with Crippen LogP contribution in [-0.4, -0.2) is 57.3 Å². The van der Waals surface area contributed by atoms with Crippen molar-refractivity contribution in [2.75, 3.05) is 6.54 Å². The number of carbonyl (C=O) groups excluding carboxylic acids is 1. The van der Waals surface area contributed by atoms with Crippen molar-refractivity contribution in [1.82, 2.24) is 0 Å². The number of carboxylic acids is 3. The average molecular weight is 596 g/mol. The molecule has 0 aliphatic rings. The van der Waals surface area contributed by atoms with E-state index < -0.39 is 40.5 Å². The highest BCUT2D eigenvalue weighted by Crippen LogP contribution is 2.34. The fraction of sp³-hybridized carbons (Fsp3) is 0.857. The molecular formula is C35H65NO6. The van der Waals surface area contributed by atoms with E-state index in [9.17, 15) is 29.7 Å². The van der Waals surface area contributed by atoms with Crippen molar-refractivity contribution >= 4 is 17.9 Å². The lowest BCUT2D eigenvalue weighted by Gasteiger charge is -2.52. The molecule has 0 aliphatic carbocycles. The molecule has 3 unspecified atom stereocenters. The molecule has 0 bridgehead atoms. The van der Waals surface area contributed by atoms with Gasteiger partial charge in [0.05, 0.1) is 12.5 Å². The molecule has 7 heteroatoms. The first-order valence-corrected chi connectivity index (χ1v) is 17.4. The number of carboxylic acid groups (broad SMARTS) is 3. The first-order chi connectivity index (χ1) is 20.2. The van der Waals surface area contributed by atoms with Gasteiger partial charge in [-0.15, -0.1) is 0 Å². The summed E-state index contributed by atoms with van der Waals surface area (Å²) < 4.78 is -0.433. The highest BCUT2D eigenvalue weighted by Gasteiger charge is 2.54. The summed E-state index contributed by atoms with van der Waals surface area (Å²) in [5.74, 6) is -3.55. The second-order valence-corrected chi connectivity index (χ2v) is 12.3. The third kappa shape index (κ3) is 15.5. The number of hydrogen-bond donors (Lipinski definition) is 2. The van der Waals surface area contributed by atoms with Crippen LogP contribution in [0, 0.1) is 0 Å². The summed E-state index contributed by atoms with van der Waals surface area (Å²) in [6.45, 7) is 8.05. The minimum Gasteiger partial charge on any atom is -0.544 e. The molecule has 0 aromatic carbocycles. The molecule has 0 aromatic rings. The molecule has 2 N–H and O–H groups in total. The lowest BCUT2D eigenvalue weighted by Crippen LogP contribution is -2.74. The molecule has 0 aliphatic heterocycles. The van der Waals surface area contributed by atoms with Crippen LogP contribution in [0.5, 0.6) is 0 Å². The van der Waals surface area contributed by atoms with Crippen molar-refractivity contribution in [3.8, 4) is 0 Å². The molecular weight excluding hydrogens is 530 g/mol. The zero-order valence-corrected chi connectivity index (χ0v) is 27.6. The Morgan fingerprint density at radius 3 is 1.26 bits per heavy atom. The third-order valence-corrected chi connectivity index (χ3v) is 8.83. The van der Waals surface area contributed by atoms with E-state index in [1.54, 1.807) is 0 Å².